The van der Waals surface area contributed by atoms with E-state index in [1.165, 1.54) is 24.0 Å². The fourth-order valence-corrected chi connectivity index (χ4v) is 3.06. The summed E-state index contributed by atoms with van der Waals surface area (Å²) < 4.78 is 5.58. The molecule has 1 aliphatic carbocycles. The van der Waals surface area contributed by atoms with E-state index in [-0.39, 0.29) is 24.4 Å². The molecule has 1 aliphatic heterocycles. The molecular weight excluding hydrogens is 288 g/mol. The van der Waals surface area contributed by atoms with E-state index in [0.29, 0.717) is 13.0 Å². The number of fused-ring (bicyclic) bond motifs is 1. The lowest BCUT2D eigenvalue weighted by molar-refractivity contribution is -0.119. The first-order valence-corrected chi connectivity index (χ1v) is 7.56. The van der Waals surface area contributed by atoms with E-state index in [1.54, 1.807) is 0 Å². The molecule has 5 heteroatoms. The number of amides is 1. The zero-order chi connectivity index (χ0) is 13.8. The maximum absolute atomic E-state index is 12.1. The summed E-state index contributed by atoms with van der Waals surface area (Å²) in [5.74, 6) is 0.0534. The monoisotopic (exact) mass is 310 g/mol. The van der Waals surface area contributed by atoms with Crippen LogP contribution in [0.1, 0.15) is 30.4 Å². The Morgan fingerprint density at radius 2 is 2.19 bits per heavy atom. The molecule has 0 saturated carbocycles. The lowest BCUT2D eigenvalue weighted by Crippen LogP contribution is -2.40. The van der Waals surface area contributed by atoms with E-state index in [2.05, 4.69) is 16.7 Å². The molecule has 1 aromatic carbocycles. The van der Waals surface area contributed by atoms with Crippen LogP contribution in [0.25, 0.3) is 0 Å². The molecule has 1 fully saturated rings. The molecule has 1 atom stereocenters. The summed E-state index contributed by atoms with van der Waals surface area (Å²) in [5.41, 5.74) is 3.72. The van der Waals surface area contributed by atoms with Crippen LogP contribution in [-0.4, -0.2) is 31.7 Å². The first-order valence-electron chi connectivity index (χ1n) is 7.56. The summed E-state index contributed by atoms with van der Waals surface area (Å²) in [7, 11) is 0. The third-order valence-electron chi connectivity index (χ3n) is 4.09. The van der Waals surface area contributed by atoms with Gasteiger partial charge in [-0.1, -0.05) is 12.1 Å². The Bertz CT molecular complexity index is 487. The van der Waals surface area contributed by atoms with E-state index in [4.69, 9.17) is 4.74 Å². The van der Waals surface area contributed by atoms with Gasteiger partial charge in [-0.25, -0.2) is 0 Å². The molecule has 0 spiro atoms. The van der Waals surface area contributed by atoms with E-state index < -0.39 is 0 Å². The number of benzene rings is 1. The summed E-state index contributed by atoms with van der Waals surface area (Å²) in [4.78, 5) is 12.1. The second-order valence-electron chi connectivity index (χ2n) is 5.60. The van der Waals surface area contributed by atoms with Gasteiger partial charge in [0.05, 0.1) is 19.1 Å². The van der Waals surface area contributed by atoms with Gasteiger partial charge >= 0.3 is 0 Å². The van der Waals surface area contributed by atoms with E-state index in [9.17, 15) is 4.79 Å². The number of nitrogens with one attached hydrogen (secondary N) is 2. The number of hydrogen-bond donors (Lipinski definition) is 2. The number of ether oxygens (including phenoxy) is 1. The molecule has 3 rings (SSSR count). The Morgan fingerprint density at radius 3 is 3.00 bits per heavy atom. The number of carbonyl (C=O) groups is 1. The third kappa shape index (κ3) is 4.19. The third-order valence-corrected chi connectivity index (χ3v) is 4.09. The topological polar surface area (TPSA) is 50.4 Å². The first-order chi connectivity index (χ1) is 9.83. The number of rotatable bonds is 3. The van der Waals surface area contributed by atoms with Gasteiger partial charge in [0.2, 0.25) is 5.91 Å². The second-order valence-corrected chi connectivity index (χ2v) is 5.60. The van der Waals surface area contributed by atoms with Crippen LogP contribution in [0.15, 0.2) is 18.2 Å². The van der Waals surface area contributed by atoms with Gasteiger partial charge in [0.15, 0.2) is 0 Å². The van der Waals surface area contributed by atoms with Crippen molar-refractivity contribution in [1.29, 1.82) is 0 Å². The second kappa shape index (κ2) is 7.78. The van der Waals surface area contributed by atoms with Gasteiger partial charge in [-0.15, -0.1) is 12.4 Å². The van der Waals surface area contributed by atoms with Crippen molar-refractivity contribution < 1.29 is 9.53 Å². The number of carbonyl (C=O) groups excluding carboxylic acids is 1. The maximum atomic E-state index is 12.1. The minimum atomic E-state index is 0. The summed E-state index contributed by atoms with van der Waals surface area (Å²) in [6.45, 7) is 2.34. The fourth-order valence-electron chi connectivity index (χ4n) is 3.06. The largest absolute Gasteiger partial charge is 0.375 e. The highest BCUT2D eigenvalue weighted by molar-refractivity contribution is 5.92. The predicted octanol–water partition coefficient (Wildman–Crippen LogP) is 2.30. The normalized spacial score (nSPS) is 21.0. The maximum Gasteiger partial charge on any atom is 0.227 e. The van der Waals surface area contributed by atoms with Crippen LogP contribution in [-0.2, 0) is 22.4 Å². The average molecular weight is 311 g/mol. The Kier molecular flexibility index (Phi) is 6.03. The van der Waals surface area contributed by atoms with E-state index in [1.807, 2.05) is 12.1 Å². The minimum absolute atomic E-state index is 0. The van der Waals surface area contributed by atoms with Crippen LogP contribution >= 0.6 is 12.4 Å². The van der Waals surface area contributed by atoms with E-state index >= 15 is 0 Å². The highest BCUT2D eigenvalue weighted by atomic mass is 35.5. The van der Waals surface area contributed by atoms with Crippen LogP contribution in [0.4, 0.5) is 5.69 Å². The van der Waals surface area contributed by atoms with E-state index in [0.717, 1.165) is 31.6 Å². The number of halogens is 1. The molecule has 1 amide bonds. The van der Waals surface area contributed by atoms with Crippen molar-refractivity contribution in [3.8, 4) is 0 Å². The zero-order valence-electron chi connectivity index (χ0n) is 12.2. The number of aryl methyl sites for hydroxylation is 1. The van der Waals surface area contributed by atoms with Crippen LogP contribution in [0.3, 0.4) is 0 Å². The predicted molar refractivity (Wildman–Crippen MR) is 86.2 cm³/mol. The Hall–Kier alpha value is -1.10. The molecule has 116 valence electrons. The van der Waals surface area contributed by atoms with Crippen molar-refractivity contribution in [1.82, 2.24) is 5.32 Å². The first kappa shape index (κ1) is 16.3. The Labute approximate surface area is 132 Å². The SMILES string of the molecule is Cl.O=C(CC1CNCCO1)Nc1cccc2c1CCCC2. The summed E-state index contributed by atoms with van der Waals surface area (Å²) in [6, 6.07) is 6.23. The Balaban J connectivity index is 0.00000161. The Morgan fingerprint density at radius 1 is 1.33 bits per heavy atom. The lowest BCUT2D eigenvalue weighted by atomic mass is 9.90. The van der Waals surface area contributed by atoms with Crippen molar-refractivity contribution in [3.63, 3.8) is 0 Å². The molecule has 1 aromatic rings. The van der Waals surface area contributed by atoms with Gasteiger partial charge in [0.1, 0.15) is 0 Å². The number of anilines is 1. The molecule has 2 aliphatic rings. The van der Waals surface area contributed by atoms with Crippen molar-refractivity contribution in [3.05, 3.63) is 29.3 Å². The molecule has 0 radical (unpaired) electrons. The van der Waals surface area contributed by atoms with Crippen LogP contribution < -0.4 is 10.6 Å². The minimum Gasteiger partial charge on any atom is -0.375 e. The van der Waals surface area contributed by atoms with Gasteiger partial charge in [-0.3, -0.25) is 4.79 Å². The molecular formula is C16H23ClN2O2. The zero-order valence-corrected chi connectivity index (χ0v) is 13.0. The molecule has 2 N–H and O–H groups in total. The van der Waals surface area contributed by atoms with Crippen molar-refractivity contribution in [2.45, 2.75) is 38.2 Å². The molecule has 4 nitrogen and oxygen atoms in total. The number of hydrogen-bond acceptors (Lipinski definition) is 3. The highest BCUT2D eigenvalue weighted by Crippen LogP contribution is 2.28. The van der Waals surface area contributed by atoms with Gasteiger partial charge in [-0.05, 0) is 42.9 Å². The van der Waals surface area contributed by atoms with Crippen LogP contribution in [0.5, 0.6) is 0 Å². The van der Waals surface area contributed by atoms with Crippen molar-refractivity contribution in [2.75, 3.05) is 25.0 Å². The average Bonchev–Trinajstić information content (AvgIpc) is 2.48. The molecule has 1 saturated heterocycles. The highest BCUT2D eigenvalue weighted by Gasteiger charge is 2.19. The molecule has 21 heavy (non-hydrogen) atoms. The van der Waals surface area contributed by atoms with Gasteiger partial charge in [0.25, 0.3) is 0 Å². The molecule has 0 aromatic heterocycles. The quantitative estimate of drug-likeness (QED) is 0.901. The number of morpholine rings is 1. The van der Waals surface area contributed by atoms with Gasteiger partial charge in [0, 0.05) is 18.8 Å². The molecule has 1 heterocycles. The smallest absolute Gasteiger partial charge is 0.227 e. The van der Waals surface area contributed by atoms with Crippen molar-refractivity contribution >= 4 is 24.0 Å². The lowest BCUT2D eigenvalue weighted by Gasteiger charge is -2.24. The van der Waals surface area contributed by atoms with Gasteiger partial charge < -0.3 is 15.4 Å². The summed E-state index contributed by atoms with van der Waals surface area (Å²) >= 11 is 0. The molecule has 0 bridgehead atoms. The van der Waals surface area contributed by atoms with Crippen molar-refractivity contribution in [2.24, 2.45) is 0 Å². The standard InChI is InChI=1S/C16H22N2O2.ClH/c19-16(10-13-11-17-8-9-20-13)18-15-7-3-5-12-4-1-2-6-14(12)15;/h3,5,7,13,17H,1-2,4,6,8-11H2,(H,18,19);1H. The fraction of sp³-hybridized carbons (Fsp3) is 0.562. The van der Waals surface area contributed by atoms with Crippen LogP contribution in [0, 0.1) is 0 Å². The van der Waals surface area contributed by atoms with Gasteiger partial charge in [-0.2, -0.15) is 0 Å². The summed E-state index contributed by atoms with van der Waals surface area (Å²) in [5, 5.41) is 6.32. The van der Waals surface area contributed by atoms with Crippen LogP contribution in [0.2, 0.25) is 0 Å². The summed E-state index contributed by atoms with van der Waals surface area (Å²) in [6.07, 6.45) is 5.11. The molecule has 1 unspecified atom stereocenters.